The predicted molar refractivity (Wildman–Crippen MR) is 63.7 cm³/mol. The first kappa shape index (κ1) is 11.0. The predicted octanol–water partition coefficient (Wildman–Crippen LogP) is 2.05. The molecule has 0 atom stereocenters. The molecule has 1 aromatic heterocycles. The van der Waals surface area contributed by atoms with Gasteiger partial charge < -0.3 is 5.32 Å². The molecule has 0 unspecified atom stereocenters. The molecule has 0 fully saturated rings. The van der Waals surface area contributed by atoms with E-state index in [-0.39, 0.29) is 0 Å². The summed E-state index contributed by atoms with van der Waals surface area (Å²) in [4.78, 5) is 11.6. The summed E-state index contributed by atoms with van der Waals surface area (Å²) in [6.07, 6.45) is 0. The van der Waals surface area contributed by atoms with Crippen LogP contribution in [0.1, 0.15) is 5.56 Å². The van der Waals surface area contributed by atoms with Gasteiger partial charge in [0, 0.05) is 0 Å². The Morgan fingerprint density at radius 2 is 2.18 bits per heavy atom. The molecule has 7 heteroatoms. The number of rotatable bonds is 2. The summed E-state index contributed by atoms with van der Waals surface area (Å²) >= 11 is 1.21. The van der Waals surface area contributed by atoms with Crippen molar-refractivity contribution in [2.75, 3.05) is 10.6 Å². The van der Waals surface area contributed by atoms with Crippen LogP contribution in [0.3, 0.4) is 0 Å². The fraction of sp³-hybridized carbons (Fsp3) is 0. The zero-order valence-electron chi connectivity index (χ0n) is 8.54. The first-order valence-electron chi connectivity index (χ1n) is 4.63. The molecule has 2 amide bonds. The van der Waals surface area contributed by atoms with Gasteiger partial charge >= 0.3 is 6.03 Å². The molecule has 0 aliphatic rings. The molecule has 2 aromatic rings. The molecule has 2 N–H and O–H groups in total. The van der Waals surface area contributed by atoms with Crippen molar-refractivity contribution in [3.05, 3.63) is 35.3 Å². The van der Waals surface area contributed by atoms with Crippen molar-refractivity contribution in [1.29, 1.82) is 5.26 Å². The van der Waals surface area contributed by atoms with Crippen molar-refractivity contribution in [3.8, 4) is 6.07 Å². The standard InChI is InChI=1S/C10H7N5OS/c11-5-7-3-1-2-4-8(7)13-9(16)14-10-15-12-6-17-10/h1-4,6H,(H2,13,14,15,16). The van der Waals surface area contributed by atoms with E-state index in [1.54, 1.807) is 24.3 Å². The Balaban J connectivity index is 2.06. The van der Waals surface area contributed by atoms with Crippen molar-refractivity contribution in [2.24, 2.45) is 0 Å². The number of nitriles is 1. The fourth-order valence-electron chi connectivity index (χ4n) is 1.17. The third-order valence-electron chi connectivity index (χ3n) is 1.88. The van der Waals surface area contributed by atoms with E-state index in [1.807, 2.05) is 6.07 Å². The number of hydrogen-bond acceptors (Lipinski definition) is 5. The largest absolute Gasteiger partial charge is 0.325 e. The van der Waals surface area contributed by atoms with Crippen LogP contribution in [0.5, 0.6) is 0 Å². The normalized spacial score (nSPS) is 9.35. The summed E-state index contributed by atoms with van der Waals surface area (Å²) in [5, 5.41) is 21.6. The number of nitrogens with one attached hydrogen (secondary N) is 2. The average molecular weight is 245 g/mol. The Morgan fingerprint density at radius 3 is 2.88 bits per heavy atom. The van der Waals surface area contributed by atoms with E-state index in [9.17, 15) is 4.79 Å². The van der Waals surface area contributed by atoms with Gasteiger partial charge in [0.05, 0.1) is 11.3 Å². The van der Waals surface area contributed by atoms with Gasteiger partial charge in [-0.15, -0.1) is 10.2 Å². The molecule has 0 bridgehead atoms. The number of carbonyl (C=O) groups excluding carboxylic acids is 1. The van der Waals surface area contributed by atoms with Crippen molar-refractivity contribution in [1.82, 2.24) is 10.2 Å². The minimum atomic E-state index is -0.454. The van der Waals surface area contributed by atoms with Gasteiger partial charge in [0.25, 0.3) is 0 Å². The summed E-state index contributed by atoms with van der Waals surface area (Å²) < 4.78 is 0. The highest BCUT2D eigenvalue weighted by atomic mass is 32.1. The number of amides is 2. The Morgan fingerprint density at radius 1 is 1.35 bits per heavy atom. The van der Waals surface area contributed by atoms with Crippen molar-refractivity contribution >= 4 is 28.2 Å². The SMILES string of the molecule is N#Cc1ccccc1NC(=O)Nc1nncs1. The minimum Gasteiger partial charge on any atom is -0.306 e. The Labute approximate surface area is 101 Å². The number of anilines is 2. The number of benzene rings is 1. The summed E-state index contributed by atoms with van der Waals surface area (Å²) in [6, 6.07) is 8.28. The van der Waals surface area contributed by atoms with E-state index in [0.29, 0.717) is 16.4 Å². The number of para-hydroxylation sites is 1. The van der Waals surface area contributed by atoms with Crippen LogP contribution < -0.4 is 10.6 Å². The lowest BCUT2D eigenvalue weighted by molar-refractivity contribution is 0.262. The van der Waals surface area contributed by atoms with Crippen LogP contribution in [0.2, 0.25) is 0 Å². The number of hydrogen-bond donors (Lipinski definition) is 2. The summed E-state index contributed by atoms with van der Waals surface area (Å²) in [7, 11) is 0. The van der Waals surface area contributed by atoms with Gasteiger partial charge in [0.2, 0.25) is 5.13 Å². The Bertz CT molecular complexity index is 560. The quantitative estimate of drug-likeness (QED) is 0.847. The van der Waals surface area contributed by atoms with Crippen LogP contribution in [0, 0.1) is 11.3 Å². The lowest BCUT2D eigenvalue weighted by Crippen LogP contribution is -2.19. The maximum Gasteiger partial charge on any atom is 0.325 e. The lowest BCUT2D eigenvalue weighted by Gasteiger charge is -2.06. The van der Waals surface area contributed by atoms with Gasteiger partial charge in [0.15, 0.2) is 0 Å². The highest BCUT2D eigenvalue weighted by Crippen LogP contribution is 2.14. The maximum atomic E-state index is 11.6. The second-order valence-electron chi connectivity index (χ2n) is 2.98. The highest BCUT2D eigenvalue weighted by molar-refractivity contribution is 7.13. The van der Waals surface area contributed by atoms with Gasteiger partial charge in [-0.1, -0.05) is 23.5 Å². The molecular weight excluding hydrogens is 238 g/mol. The van der Waals surface area contributed by atoms with Crippen LogP contribution in [0.4, 0.5) is 15.6 Å². The van der Waals surface area contributed by atoms with Crippen molar-refractivity contribution in [2.45, 2.75) is 0 Å². The van der Waals surface area contributed by atoms with Crippen LogP contribution in [0.25, 0.3) is 0 Å². The van der Waals surface area contributed by atoms with E-state index in [1.165, 1.54) is 16.8 Å². The summed E-state index contributed by atoms with van der Waals surface area (Å²) in [5.41, 5.74) is 2.37. The summed E-state index contributed by atoms with van der Waals surface area (Å²) in [6.45, 7) is 0. The molecule has 84 valence electrons. The Kier molecular flexibility index (Phi) is 3.28. The molecule has 17 heavy (non-hydrogen) atoms. The molecule has 0 spiro atoms. The molecule has 1 heterocycles. The zero-order chi connectivity index (χ0) is 12.1. The number of urea groups is 1. The number of aromatic nitrogens is 2. The maximum absolute atomic E-state index is 11.6. The van der Waals surface area contributed by atoms with Gasteiger partial charge in [-0.3, -0.25) is 5.32 Å². The van der Waals surface area contributed by atoms with Crippen molar-refractivity contribution in [3.63, 3.8) is 0 Å². The van der Waals surface area contributed by atoms with Crippen LogP contribution >= 0.6 is 11.3 Å². The molecule has 0 saturated heterocycles. The van der Waals surface area contributed by atoms with E-state index in [2.05, 4.69) is 20.8 Å². The summed E-state index contributed by atoms with van der Waals surface area (Å²) in [5.74, 6) is 0. The molecule has 0 aliphatic carbocycles. The van der Waals surface area contributed by atoms with Gasteiger partial charge in [-0.2, -0.15) is 5.26 Å². The molecule has 6 nitrogen and oxygen atoms in total. The van der Waals surface area contributed by atoms with Crippen LogP contribution in [-0.4, -0.2) is 16.2 Å². The van der Waals surface area contributed by atoms with Crippen molar-refractivity contribution < 1.29 is 4.79 Å². The minimum absolute atomic E-state index is 0.400. The van der Waals surface area contributed by atoms with Crippen LogP contribution in [-0.2, 0) is 0 Å². The third kappa shape index (κ3) is 2.76. The van der Waals surface area contributed by atoms with E-state index in [4.69, 9.17) is 5.26 Å². The lowest BCUT2D eigenvalue weighted by atomic mass is 10.2. The topological polar surface area (TPSA) is 90.7 Å². The van der Waals surface area contributed by atoms with Gasteiger partial charge in [-0.25, -0.2) is 4.79 Å². The van der Waals surface area contributed by atoms with Gasteiger partial charge in [-0.05, 0) is 12.1 Å². The first-order valence-corrected chi connectivity index (χ1v) is 5.51. The molecular formula is C10H7N5OS. The Hall–Kier alpha value is -2.46. The monoisotopic (exact) mass is 245 g/mol. The smallest absolute Gasteiger partial charge is 0.306 e. The number of carbonyl (C=O) groups is 1. The second kappa shape index (κ2) is 5.05. The molecule has 2 rings (SSSR count). The van der Waals surface area contributed by atoms with Crippen LogP contribution in [0.15, 0.2) is 29.8 Å². The highest BCUT2D eigenvalue weighted by Gasteiger charge is 2.07. The van der Waals surface area contributed by atoms with E-state index < -0.39 is 6.03 Å². The zero-order valence-corrected chi connectivity index (χ0v) is 9.36. The second-order valence-corrected chi connectivity index (χ2v) is 3.81. The molecule has 0 radical (unpaired) electrons. The van der Waals surface area contributed by atoms with E-state index in [0.717, 1.165) is 0 Å². The van der Waals surface area contributed by atoms with Gasteiger partial charge in [0.1, 0.15) is 11.6 Å². The average Bonchev–Trinajstić information content (AvgIpc) is 2.82. The molecule has 0 aliphatic heterocycles. The number of nitrogens with zero attached hydrogens (tertiary/aromatic N) is 3. The van der Waals surface area contributed by atoms with E-state index >= 15 is 0 Å². The molecule has 0 saturated carbocycles. The molecule has 1 aromatic carbocycles. The fourth-order valence-corrected chi connectivity index (χ4v) is 1.61. The first-order chi connectivity index (χ1) is 8.29. The third-order valence-corrected chi connectivity index (χ3v) is 2.48.